The van der Waals surface area contributed by atoms with Crippen LogP contribution in [0.1, 0.15) is 25.3 Å². The Hall–Kier alpha value is -2.30. The molecule has 0 saturated heterocycles. The number of benzene rings is 1. The van der Waals surface area contributed by atoms with Crippen LogP contribution in [0.2, 0.25) is 0 Å². The summed E-state index contributed by atoms with van der Waals surface area (Å²) in [4.78, 5) is 24.6. The van der Waals surface area contributed by atoms with Crippen LogP contribution in [0.3, 0.4) is 0 Å². The van der Waals surface area contributed by atoms with Crippen LogP contribution in [0.4, 0.5) is 0 Å². The fourth-order valence-electron chi connectivity index (χ4n) is 3.54. The largest absolute Gasteiger partial charge is 0.497 e. The van der Waals surface area contributed by atoms with Crippen molar-refractivity contribution in [2.75, 3.05) is 20.8 Å². The highest BCUT2D eigenvalue weighted by molar-refractivity contribution is 6.16. The van der Waals surface area contributed by atoms with E-state index < -0.39 is 11.4 Å². The lowest BCUT2D eigenvalue weighted by molar-refractivity contribution is -0.152. The van der Waals surface area contributed by atoms with Crippen LogP contribution in [0, 0.1) is 11.3 Å². The van der Waals surface area contributed by atoms with Gasteiger partial charge in [0.15, 0.2) is 11.2 Å². The highest BCUT2D eigenvalue weighted by atomic mass is 16.5. The molecule has 0 aromatic heterocycles. The first kappa shape index (κ1) is 15.6. The summed E-state index contributed by atoms with van der Waals surface area (Å²) >= 11 is 0. The average molecular weight is 316 g/mol. The normalized spacial score (nSPS) is 26.8. The van der Waals surface area contributed by atoms with E-state index >= 15 is 0 Å². The summed E-state index contributed by atoms with van der Waals surface area (Å²) in [7, 11) is 3.17. The number of carbonyl (C=O) groups excluding carboxylic acids is 2. The topological polar surface area (TPSA) is 61.8 Å². The molecule has 5 heteroatoms. The predicted molar refractivity (Wildman–Crippen MR) is 84.3 cm³/mol. The molecular weight excluding hydrogens is 296 g/mol. The number of ketones is 1. The van der Waals surface area contributed by atoms with Crippen LogP contribution in [0.5, 0.6) is 11.5 Å². The number of Topliss-reactive ketones (excluding diaryl/α,β-unsaturated/α-hetero) is 1. The standard InChI is InChI=1S/C18H20O5/c1-4-23-17(20)18-14(5-6-16(18)19)15(18)9-11-7-12(21-2)10-13(8-11)22-3/h7-10,14H,4-6H2,1-3H3. The first-order valence-corrected chi connectivity index (χ1v) is 7.73. The van der Waals surface area contributed by atoms with Crippen LogP contribution < -0.4 is 9.47 Å². The summed E-state index contributed by atoms with van der Waals surface area (Å²) in [5, 5.41) is 0. The van der Waals surface area contributed by atoms with Crippen molar-refractivity contribution in [3.8, 4) is 11.5 Å². The van der Waals surface area contributed by atoms with E-state index in [9.17, 15) is 9.59 Å². The minimum atomic E-state index is -1.04. The zero-order chi connectivity index (χ0) is 16.6. The number of esters is 1. The van der Waals surface area contributed by atoms with E-state index in [0.29, 0.717) is 24.3 Å². The smallest absolute Gasteiger partial charge is 0.324 e. The van der Waals surface area contributed by atoms with Gasteiger partial charge in [-0.3, -0.25) is 9.59 Å². The Morgan fingerprint density at radius 2 is 1.91 bits per heavy atom. The van der Waals surface area contributed by atoms with Crippen LogP contribution in [0.25, 0.3) is 6.08 Å². The van der Waals surface area contributed by atoms with Gasteiger partial charge in [-0.15, -0.1) is 0 Å². The van der Waals surface area contributed by atoms with Crippen LogP contribution in [-0.2, 0) is 14.3 Å². The van der Waals surface area contributed by atoms with Gasteiger partial charge in [-0.1, -0.05) is 6.08 Å². The fourth-order valence-corrected chi connectivity index (χ4v) is 3.54. The highest BCUT2D eigenvalue weighted by Crippen LogP contribution is 2.67. The van der Waals surface area contributed by atoms with Crippen molar-refractivity contribution >= 4 is 17.8 Å². The number of ether oxygens (including phenoxy) is 3. The van der Waals surface area contributed by atoms with E-state index in [1.807, 2.05) is 18.2 Å². The first-order chi connectivity index (χ1) is 11.1. The number of carbonyl (C=O) groups is 2. The third-order valence-corrected chi connectivity index (χ3v) is 4.66. The summed E-state index contributed by atoms with van der Waals surface area (Å²) in [6.45, 7) is 2.03. The average Bonchev–Trinajstić information content (AvgIpc) is 3.05. The Bertz CT molecular complexity index is 668. The number of fused-ring (bicyclic) bond motifs is 1. The molecule has 5 nitrogen and oxygen atoms in total. The van der Waals surface area contributed by atoms with Crippen molar-refractivity contribution in [2.24, 2.45) is 11.3 Å². The second kappa shape index (κ2) is 5.72. The maximum absolute atomic E-state index is 12.3. The summed E-state index contributed by atoms with van der Waals surface area (Å²) in [6, 6.07) is 5.49. The van der Waals surface area contributed by atoms with Crippen molar-refractivity contribution in [3.05, 3.63) is 29.3 Å². The Balaban J connectivity index is 1.98. The fraction of sp³-hybridized carbons (Fsp3) is 0.444. The molecule has 0 spiro atoms. The molecule has 2 atom stereocenters. The zero-order valence-electron chi connectivity index (χ0n) is 13.5. The number of hydrogen-bond acceptors (Lipinski definition) is 5. The summed E-state index contributed by atoms with van der Waals surface area (Å²) in [5.74, 6) is 0.874. The Morgan fingerprint density at radius 3 is 2.48 bits per heavy atom. The molecule has 0 radical (unpaired) electrons. The summed E-state index contributed by atoms with van der Waals surface area (Å²) in [6.07, 6.45) is 3.05. The Kier molecular flexibility index (Phi) is 3.88. The van der Waals surface area contributed by atoms with E-state index in [2.05, 4.69) is 0 Å². The molecule has 3 rings (SSSR count). The molecule has 0 heterocycles. The third-order valence-electron chi connectivity index (χ3n) is 4.66. The summed E-state index contributed by atoms with van der Waals surface area (Å²) in [5.41, 5.74) is 0.663. The highest BCUT2D eigenvalue weighted by Gasteiger charge is 2.73. The number of hydrogen-bond donors (Lipinski definition) is 0. The van der Waals surface area contributed by atoms with Crippen LogP contribution >= 0.6 is 0 Å². The van der Waals surface area contributed by atoms with Gasteiger partial charge in [-0.25, -0.2) is 0 Å². The van der Waals surface area contributed by atoms with Crippen molar-refractivity contribution in [1.82, 2.24) is 0 Å². The third kappa shape index (κ3) is 2.31. The SMILES string of the molecule is CCOC(=O)C12C(=O)CCC1C2=Cc1cc(OC)cc(OC)c1. The molecule has 2 fully saturated rings. The maximum atomic E-state index is 12.3. The lowest BCUT2D eigenvalue weighted by Crippen LogP contribution is -2.26. The predicted octanol–water partition coefficient (Wildman–Crippen LogP) is 2.63. The van der Waals surface area contributed by atoms with Crippen molar-refractivity contribution in [2.45, 2.75) is 19.8 Å². The Labute approximate surface area is 135 Å². The quantitative estimate of drug-likeness (QED) is 0.617. The van der Waals surface area contributed by atoms with Crippen LogP contribution in [0.15, 0.2) is 23.8 Å². The second-order valence-corrected chi connectivity index (χ2v) is 5.79. The van der Waals surface area contributed by atoms with E-state index in [0.717, 1.165) is 11.1 Å². The lowest BCUT2D eigenvalue weighted by Gasteiger charge is -2.10. The molecule has 2 aliphatic rings. The molecule has 1 aromatic rings. The molecule has 0 aliphatic heterocycles. The molecule has 1 aromatic carbocycles. The van der Waals surface area contributed by atoms with Gasteiger partial charge in [0.25, 0.3) is 0 Å². The zero-order valence-corrected chi connectivity index (χ0v) is 13.5. The van der Waals surface area contributed by atoms with Gasteiger partial charge in [0.05, 0.1) is 20.8 Å². The van der Waals surface area contributed by atoms with E-state index in [4.69, 9.17) is 14.2 Å². The molecular formula is C18H20O5. The Morgan fingerprint density at radius 1 is 1.26 bits per heavy atom. The van der Waals surface area contributed by atoms with Gasteiger partial charge in [0, 0.05) is 18.4 Å². The molecule has 2 aliphatic carbocycles. The van der Waals surface area contributed by atoms with E-state index in [1.54, 1.807) is 27.2 Å². The molecule has 122 valence electrons. The van der Waals surface area contributed by atoms with Gasteiger partial charge in [0.1, 0.15) is 11.5 Å². The molecule has 0 amide bonds. The first-order valence-electron chi connectivity index (χ1n) is 7.73. The van der Waals surface area contributed by atoms with Crippen molar-refractivity contribution < 1.29 is 23.8 Å². The van der Waals surface area contributed by atoms with E-state index in [1.165, 1.54) is 0 Å². The van der Waals surface area contributed by atoms with Crippen molar-refractivity contribution in [3.63, 3.8) is 0 Å². The van der Waals surface area contributed by atoms with E-state index in [-0.39, 0.29) is 18.3 Å². The monoisotopic (exact) mass is 316 g/mol. The van der Waals surface area contributed by atoms with Crippen molar-refractivity contribution in [1.29, 1.82) is 0 Å². The molecule has 0 N–H and O–H groups in total. The van der Waals surface area contributed by atoms with Crippen LogP contribution in [-0.4, -0.2) is 32.6 Å². The van der Waals surface area contributed by atoms with Gasteiger partial charge < -0.3 is 14.2 Å². The minimum Gasteiger partial charge on any atom is -0.497 e. The molecule has 0 bridgehead atoms. The van der Waals surface area contributed by atoms with Gasteiger partial charge >= 0.3 is 5.97 Å². The number of rotatable bonds is 5. The second-order valence-electron chi connectivity index (χ2n) is 5.79. The van der Waals surface area contributed by atoms with Gasteiger partial charge in [-0.05, 0) is 36.6 Å². The molecule has 23 heavy (non-hydrogen) atoms. The molecule has 2 unspecified atom stereocenters. The van der Waals surface area contributed by atoms with Gasteiger partial charge in [0.2, 0.25) is 0 Å². The lowest BCUT2D eigenvalue weighted by atomic mass is 10.00. The molecule has 2 saturated carbocycles. The summed E-state index contributed by atoms with van der Waals surface area (Å²) < 4.78 is 15.7. The van der Waals surface area contributed by atoms with Gasteiger partial charge in [-0.2, -0.15) is 0 Å². The maximum Gasteiger partial charge on any atom is 0.324 e. The minimum absolute atomic E-state index is 0.0220. The number of methoxy groups -OCH3 is 2.